The van der Waals surface area contributed by atoms with Crippen molar-refractivity contribution < 1.29 is 9.63 Å². The van der Waals surface area contributed by atoms with Gasteiger partial charge in [-0.05, 0) is 26.8 Å². The minimum atomic E-state index is 0.201. The number of aryl methyl sites for hydroxylation is 2. The molecule has 4 nitrogen and oxygen atoms in total. The summed E-state index contributed by atoms with van der Waals surface area (Å²) >= 11 is 0. The molecule has 92 valence electrons. The molecule has 0 fully saturated rings. The molecule has 0 spiro atoms. The molecule has 0 radical (unpaired) electrons. The van der Waals surface area contributed by atoms with E-state index in [1.165, 1.54) is 6.42 Å². The Morgan fingerprint density at radius 1 is 1.31 bits per heavy atom. The molecule has 0 saturated carbocycles. The monoisotopic (exact) mass is 226 g/mol. The molecule has 1 aromatic rings. The Labute approximate surface area is 97.2 Å². The van der Waals surface area contributed by atoms with Crippen LogP contribution in [0, 0.1) is 13.8 Å². The molecule has 1 N–H and O–H groups in total. The third-order valence-corrected chi connectivity index (χ3v) is 2.81. The lowest BCUT2D eigenvalue weighted by Gasteiger charge is -2.20. The number of rotatable bonds is 7. The number of aromatic nitrogens is 1. The molecular formula is C12H22N2O2. The Morgan fingerprint density at radius 3 is 2.56 bits per heavy atom. The van der Waals surface area contributed by atoms with Crippen molar-refractivity contribution in [2.24, 2.45) is 0 Å². The first-order valence-electron chi connectivity index (χ1n) is 5.94. The number of hydrogen-bond donors (Lipinski definition) is 1. The van der Waals surface area contributed by atoms with E-state index >= 15 is 0 Å². The molecule has 0 aliphatic carbocycles. The van der Waals surface area contributed by atoms with Crippen molar-refractivity contribution in [3.8, 4) is 0 Å². The normalized spacial score (nSPS) is 11.3. The Morgan fingerprint density at radius 2 is 2.06 bits per heavy atom. The van der Waals surface area contributed by atoms with Crippen LogP contribution in [0.1, 0.15) is 36.8 Å². The maximum Gasteiger partial charge on any atom is 0.138 e. The van der Waals surface area contributed by atoms with Gasteiger partial charge in [0.05, 0.1) is 12.3 Å². The van der Waals surface area contributed by atoms with E-state index in [9.17, 15) is 0 Å². The molecule has 0 amide bonds. The van der Waals surface area contributed by atoms with Gasteiger partial charge in [-0.2, -0.15) is 0 Å². The van der Waals surface area contributed by atoms with Gasteiger partial charge in [-0.3, -0.25) is 4.90 Å². The minimum Gasteiger partial charge on any atom is -0.395 e. The van der Waals surface area contributed by atoms with E-state index in [2.05, 4.69) is 17.0 Å². The largest absolute Gasteiger partial charge is 0.395 e. The predicted molar refractivity (Wildman–Crippen MR) is 63.2 cm³/mol. The van der Waals surface area contributed by atoms with Crippen LogP contribution in [0.25, 0.3) is 0 Å². The lowest BCUT2D eigenvalue weighted by atomic mass is 10.2. The van der Waals surface area contributed by atoms with Crippen molar-refractivity contribution >= 4 is 0 Å². The smallest absolute Gasteiger partial charge is 0.138 e. The zero-order valence-electron chi connectivity index (χ0n) is 10.5. The summed E-state index contributed by atoms with van der Waals surface area (Å²) in [5.74, 6) is 0.886. The summed E-state index contributed by atoms with van der Waals surface area (Å²) in [6.07, 6.45) is 2.33. The second-order valence-corrected chi connectivity index (χ2v) is 4.16. The van der Waals surface area contributed by atoms with Crippen LogP contribution in [0.4, 0.5) is 0 Å². The van der Waals surface area contributed by atoms with Crippen molar-refractivity contribution in [2.75, 3.05) is 19.7 Å². The summed E-state index contributed by atoms with van der Waals surface area (Å²) in [5.41, 5.74) is 2.11. The second-order valence-electron chi connectivity index (χ2n) is 4.16. The predicted octanol–water partition coefficient (Wildman–Crippen LogP) is 1.89. The Hall–Kier alpha value is -0.870. The zero-order chi connectivity index (χ0) is 12.0. The van der Waals surface area contributed by atoms with E-state index < -0.39 is 0 Å². The molecule has 1 rings (SSSR count). The molecule has 4 heteroatoms. The highest BCUT2D eigenvalue weighted by atomic mass is 16.5. The Kier molecular flexibility index (Phi) is 5.49. The molecular weight excluding hydrogens is 204 g/mol. The first kappa shape index (κ1) is 13.2. The van der Waals surface area contributed by atoms with Crippen molar-refractivity contribution in [1.82, 2.24) is 10.1 Å². The fourth-order valence-electron chi connectivity index (χ4n) is 1.74. The van der Waals surface area contributed by atoms with Crippen LogP contribution < -0.4 is 0 Å². The van der Waals surface area contributed by atoms with E-state index in [0.29, 0.717) is 6.54 Å². The van der Waals surface area contributed by atoms with Crippen molar-refractivity contribution in [2.45, 2.75) is 40.2 Å². The highest BCUT2D eigenvalue weighted by molar-refractivity contribution is 5.20. The molecule has 1 aromatic heterocycles. The highest BCUT2D eigenvalue weighted by Crippen LogP contribution is 2.15. The average molecular weight is 226 g/mol. The number of aliphatic hydroxyl groups excluding tert-OH is 1. The molecule has 16 heavy (non-hydrogen) atoms. The van der Waals surface area contributed by atoms with Gasteiger partial charge in [0.15, 0.2) is 0 Å². The molecule has 0 atom stereocenters. The quantitative estimate of drug-likeness (QED) is 0.771. The number of aliphatic hydroxyl groups is 1. The van der Waals surface area contributed by atoms with Crippen LogP contribution in [0.5, 0.6) is 0 Å². The summed E-state index contributed by atoms with van der Waals surface area (Å²) in [6, 6.07) is 0. The van der Waals surface area contributed by atoms with E-state index in [0.717, 1.165) is 36.5 Å². The van der Waals surface area contributed by atoms with Crippen LogP contribution in [0.3, 0.4) is 0 Å². The number of hydrogen-bond acceptors (Lipinski definition) is 4. The first-order valence-corrected chi connectivity index (χ1v) is 5.94. The molecule has 0 aromatic carbocycles. The van der Waals surface area contributed by atoms with Crippen LogP contribution in [-0.4, -0.2) is 34.9 Å². The van der Waals surface area contributed by atoms with Gasteiger partial charge < -0.3 is 9.63 Å². The maximum atomic E-state index is 9.02. The topological polar surface area (TPSA) is 49.5 Å². The lowest BCUT2D eigenvalue weighted by Crippen LogP contribution is -2.28. The van der Waals surface area contributed by atoms with E-state index in [-0.39, 0.29) is 6.61 Å². The fourth-order valence-corrected chi connectivity index (χ4v) is 1.74. The third-order valence-electron chi connectivity index (χ3n) is 2.81. The Bertz CT molecular complexity index is 290. The van der Waals surface area contributed by atoms with Gasteiger partial charge in [0.2, 0.25) is 0 Å². The number of nitrogens with zero attached hydrogens (tertiary/aromatic N) is 2. The minimum absolute atomic E-state index is 0.201. The molecule has 0 bridgehead atoms. The van der Waals surface area contributed by atoms with Crippen LogP contribution >= 0.6 is 0 Å². The van der Waals surface area contributed by atoms with E-state index in [1.54, 1.807) is 0 Å². The van der Waals surface area contributed by atoms with Crippen molar-refractivity contribution in [3.63, 3.8) is 0 Å². The summed E-state index contributed by atoms with van der Waals surface area (Å²) in [5, 5.41) is 13.0. The summed E-state index contributed by atoms with van der Waals surface area (Å²) in [4.78, 5) is 2.25. The third kappa shape index (κ3) is 3.61. The van der Waals surface area contributed by atoms with Crippen LogP contribution in [0.2, 0.25) is 0 Å². The van der Waals surface area contributed by atoms with Crippen molar-refractivity contribution in [3.05, 3.63) is 17.0 Å². The SMILES string of the molecule is CCCCN(CCO)Cc1c(C)noc1C. The molecule has 0 saturated heterocycles. The summed E-state index contributed by atoms with van der Waals surface area (Å²) in [6.45, 7) is 8.82. The van der Waals surface area contributed by atoms with E-state index in [1.807, 2.05) is 13.8 Å². The molecule has 1 heterocycles. The maximum absolute atomic E-state index is 9.02. The van der Waals surface area contributed by atoms with Gasteiger partial charge in [0, 0.05) is 18.7 Å². The summed E-state index contributed by atoms with van der Waals surface area (Å²) < 4.78 is 5.14. The molecule has 0 aliphatic heterocycles. The molecule has 0 aliphatic rings. The number of unbranched alkanes of at least 4 members (excludes halogenated alkanes) is 1. The van der Waals surface area contributed by atoms with Gasteiger partial charge in [-0.25, -0.2) is 0 Å². The average Bonchev–Trinajstić information content (AvgIpc) is 2.57. The standard InChI is InChI=1S/C12H22N2O2/c1-4-5-6-14(7-8-15)9-12-10(2)13-16-11(12)3/h15H,4-9H2,1-3H3. The van der Waals surface area contributed by atoms with E-state index in [4.69, 9.17) is 9.63 Å². The fraction of sp³-hybridized carbons (Fsp3) is 0.750. The van der Waals surface area contributed by atoms with Crippen LogP contribution in [0.15, 0.2) is 4.52 Å². The van der Waals surface area contributed by atoms with Gasteiger partial charge in [-0.15, -0.1) is 0 Å². The molecule has 0 unspecified atom stereocenters. The lowest BCUT2D eigenvalue weighted by molar-refractivity contribution is 0.187. The first-order chi connectivity index (χ1) is 7.69. The second kappa shape index (κ2) is 6.66. The van der Waals surface area contributed by atoms with Gasteiger partial charge in [0.25, 0.3) is 0 Å². The summed E-state index contributed by atoms with van der Waals surface area (Å²) in [7, 11) is 0. The van der Waals surface area contributed by atoms with Crippen LogP contribution in [-0.2, 0) is 6.54 Å². The highest BCUT2D eigenvalue weighted by Gasteiger charge is 2.13. The zero-order valence-corrected chi connectivity index (χ0v) is 10.5. The Balaban J connectivity index is 2.59. The van der Waals surface area contributed by atoms with Crippen molar-refractivity contribution in [1.29, 1.82) is 0 Å². The van der Waals surface area contributed by atoms with Gasteiger partial charge >= 0.3 is 0 Å². The van der Waals surface area contributed by atoms with Gasteiger partial charge in [-0.1, -0.05) is 18.5 Å². The van der Waals surface area contributed by atoms with Gasteiger partial charge in [0.1, 0.15) is 5.76 Å².